The van der Waals surface area contributed by atoms with E-state index in [9.17, 15) is 9.59 Å². The molecule has 2 amide bonds. The molecule has 3 rings (SSSR count). The molecule has 1 aromatic heterocycles. The highest BCUT2D eigenvalue weighted by Gasteiger charge is 2.09. The highest BCUT2D eigenvalue weighted by atomic mass is 35.5. The summed E-state index contributed by atoms with van der Waals surface area (Å²) in [4.78, 5) is 25.0. The zero-order valence-corrected chi connectivity index (χ0v) is 15.8. The molecule has 0 radical (unpaired) electrons. The van der Waals surface area contributed by atoms with Gasteiger partial charge in [0.2, 0.25) is 0 Å². The van der Waals surface area contributed by atoms with Crippen LogP contribution in [0.15, 0.2) is 66.0 Å². The molecule has 3 aromatic rings. The maximum Gasteiger partial charge on any atom is 0.265 e. The third kappa shape index (κ3) is 5.57. The molecule has 0 aliphatic rings. The Morgan fingerprint density at radius 3 is 2.63 bits per heavy atom. The molecule has 1 heterocycles. The first-order valence-corrected chi connectivity index (χ1v) is 9.49. The first-order chi connectivity index (χ1) is 13.1. The molecular formula is C20H17ClN2O3S. The molecule has 2 aromatic carbocycles. The van der Waals surface area contributed by atoms with Crippen LogP contribution in [0.5, 0.6) is 5.75 Å². The van der Waals surface area contributed by atoms with Crippen LogP contribution in [0.1, 0.15) is 20.0 Å². The van der Waals surface area contributed by atoms with Gasteiger partial charge in [0.15, 0.2) is 0 Å². The monoisotopic (exact) mass is 400 g/mol. The number of thiophene rings is 1. The fourth-order valence-electron chi connectivity index (χ4n) is 2.33. The molecule has 7 heteroatoms. The molecule has 0 aliphatic carbocycles. The van der Waals surface area contributed by atoms with E-state index < -0.39 is 0 Å². The molecule has 0 saturated heterocycles. The van der Waals surface area contributed by atoms with Crippen molar-refractivity contribution in [3.8, 4) is 5.75 Å². The number of amides is 2. The lowest BCUT2D eigenvalue weighted by molar-refractivity contribution is 0.0945. The lowest BCUT2D eigenvalue weighted by Gasteiger charge is -2.09. The Hall–Kier alpha value is -2.83. The van der Waals surface area contributed by atoms with Gasteiger partial charge in [0.05, 0.1) is 11.4 Å². The summed E-state index contributed by atoms with van der Waals surface area (Å²) in [5.41, 5.74) is 1.03. The number of carbonyl (C=O) groups excluding carboxylic acids is 2. The largest absolute Gasteiger partial charge is 0.492 e. The van der Waals surface area contributed by atoms with E-state index in [1.807, 2.05) is 11.4 Å². The first kappa shape index (κ1) is 18.9. The predicted octanol–water partition coefficient (Wildman–Crippen LogP) is 4.46. The highest BCUT2D eigenvalue weighted by Crippen LogP contribution is 2.17. The van der Waals surface area contributed by atoms with Crippen LogP contribution in [0.3, 0.4) is 0 Å². The summed E-state index contributed by atoms with van der Waals surface area (Å²) in [6.45, 7) is 0.665. The molecule has 138 valence electrons. The van der Waals surface area contributed by atoms with Gasteiger partial charge in [-0.05, 0) is 47.8 Å². The summed E-state index contributed by atoms with van der Waals surface area (Å²) >= 11 is 7.25. The van der Waals surface area contributed by atoms with Crippen molar-refractivity contribution >= 4 is 40.4 Å². The molecule has 0 atom stereocenters. The van der Waals surface area contributed by atoms with Gasteiger partial charge in [-0.1, -0.05) is 29.8 Å². The molecule has 0 spiro atoms. The lowest BCUT2D eigenvalue weighted by Crippen LogP contribution is -2.28. The van der Waals surface area contributed by atoms with Crippen LogP contribution in [0, 0.1) is 0 Å². The van der Waals surface area contributed by atoms with Gasteiger partial charge in [-0.2, -0.15) is 0 Å². The number of ether oxygens (including phenoxy) is 1. The molecule has 0 unspecified atom stereocenters. The third-order valence-corrected chi connectivity index (χ3v) is 4.68. The van der Waals surface area contributed by atoms with E-state index in [0.717, 1.165) is 0 Å². The van der Waals surface area contributed by atoms with Gasteiger partial charge in [-0.25, -0.2) is 0 Å². The van der Waals surface area contributed by atoms with Gasteiger partial charge < -0.3 is 15.4 Å². The van der Waals surface area contributed by atoms with E-state index in [4.69, 9.17) is 16.3 Å². The van der Waals surface area contributed by atoms with Crippen molar-refractivity contribution in [2.75, 3.05) is 18.5 Å². The van der Waals surface area contributed by atoms with Crippen molar-refractivity contribution in [1.29, 1.82) is 0 Å². The van der Waals surface area contributed by atoms with Gasteiger partial charge in [-0.15, -0.1) is 11.3 Å². The molecule has 0 fully saturated rings. The SMILES string of the molecule is O=C(NCCOc1cccc(Cl)c1)c1cccc(NC(=O)c2cccs2)c1. The van der Waals surface area contributed by atoms with Crippen molar-refractivity contribution < 1.29 is 14.3 Å². The van der Waals surface area contributed by atoms with Gasteiger partial charge in [0.1, 0.15) is 12.4 Å². The highest BCUT2D eigenvalue weighted by molar-refractivity contribution is 7.12. The van der Waals surface area contributed by atoms with E-state index in [1.165, 1.54) is 11.3 Å². The molecule has 0 saturated carbocycles. The average molecular weight is 401 g/mol. The zero-order chi connectivity index (χ0) is 19.1. The van der Waals surface area contributed by atoms with Crippen LogP contribution in [-0.2, 0) is 0 Å². The smallest absolute Gasteiger partial charge is 0.265 e. The molecule has 0 aliphatic heterocycles. The number of anilines is 1. The minimum Gasteiger partial charge on any atom is -0.492 e. The number of hydrogen-bond acceptors (Lipinski definition) is 4. The summed E-state index contributed by atoms with van der Waals surface area (Å²) in [5.74, 6) is 0.212. The molecule has 27 heavy (non-hydrogen) atoms. The number of benzene rings is 2. The second-order valence-corrected chi connectivity index (χ2v) is 6.96. The van der Waals surface area contributed by atoms with Crippen molar-refractivity contribution in [2.24, 2.45) is 0 Å². The van der Waals surface area contributed by atoms with Crippen LogP contribution >= 0.6 is 22.9 Å². The first-order valence-electron chi connectivity index (χ1n) is 8.23. The maximum absolute atomic E-state index is 12.3. The Kier molecular flexibility index (Phi) is 6.46. The minimum atomic E-state index is -0.239. The molecular weight excluding hydrogens is 384 g/mol. The summed E-state index contributed by atoms with van der Waals surface area (Å²) in [5, 5.41) is 8.01. The van der Waals surface area contributed by atoms with E-state index >= 15 is 0 Å². The van der Waals surface area contributed by atoms with Crippen LogP contribution in [-0.4, -0.2) is 25.0 Å². The van der Waals surface area contributed by atoms with Gasteiger partial charge in [0, 0.05) is 16.3 Å². The van der Waals surface area contributed by atoms with Crippen LogP contribution in [0.4, 0.5) is 5.69 Å². The summed E-state index contributed by atoms with van der Waals surface area (Å²) in [7, 11) is 0. The molecule has 0 bridgehead atoms. The average Bonchev–Trinajstić information content (AvgIpc) is 3.20. The predicted molar refractivity (Wildman–Crippen MR) is 108 cm³/mol. The van der Waals surface area contributed by atoms with Crippen LogP contribution < -0.4 is 15.4 Å². The fraction of sp³-hybridized carbons (Fsp3) is 0.100. The summed E-state index contributed by atoms with van der Waals surface area (Å²) < 4.78 is 5.54. The number of carbonyl (C=O) groups is 2. The quantitative estimate of drug-likeness (QED) is 0.575. The Bertz CT molecular complexity index is 928. The Morgan fingerprint density at radius 2 is 1.85 bits per heavy atom. The van der Waals surface area contributed by atoms with Crippen molar-refractivity contribution in [2.45, 2.75) is 0 Å². The standard InChI is InChI=1S/C20H17ClN2O3S/c21-15-5-2-7-17(13-15)26-10-9-22-19(24)14-4-1-6-16(12-14)23-20(25)18-8-3-11-27-18/h1-8,11-13H,9-10H2,(H,22,24)(H,23,25). The summed E-state index contributed by atoms with van der Waals surface area (Å²) in [6, 6.07) is 17.4. The van der Waals surface area contributed by atoms with Crippen molar-refractivity contribution in [1.82, 2.24) is 5.32 Å². The number of hydrogen-bond donors (Lipinski definition) is 2. The van der Waals surface area contributed by atoms with E-state index in [1.54, 1.807) is 54.6 Å². The minimum absolute atomic E-state index is 0.197. The van der Waals surface area contributed by atoms with Crippen LogP contribution in [0.25, 0.3) is 0 Å². The Balaban J connectivity index is 1.50. The third-order valence-electron chi connectivity index (χ3n) is 3.58. The fourth-order valence-corrected chi connectivity index (χ4v) is 3.13. The van der Waals surface area contributed by atoms with Crippen molar-refractivity contribution in [3.63, 3.8) is 0 Å². The molecule has 5 nitrogen and oxygen atoms in total. The maximum atomic E-state index is 12.3. The van der Waals surface area contributed by atoms with E-state index in [0.29, 0.717) is 40.1 Å². The van der Waals surface area contributed by atoms with E-state index in [2.05, 4.69) is 10.6 Å². The van der Waals surface area contributed by atoms with Crippen molar-refractivity contribution in [3.05, 3.63) is 81.5 Å². The van der Waals surface area contributed by atoms with Crippen LogP contribution in [0.2, 0.25) is 5.02 Å². The zero-order valence-electron chi connectivity index (χ0n) is 14.3. The summed E-state index contributed by atoms with van der Waals surface area (Å²) in [6.07, 6.45) is 0. The Labute approximate surface area is 165 Å². The second-order valence-electron chi connectivity index (χ2n) is 5.57. The lowest BCUT2D eigenvalue weighted by atomic mass is 10.2. The molecule has 2 N–H and O–H groups in total. The topological polar surface area (TPSA) is 67.4 Å². The number of rotatable bonds is 7. The number of nitrogens with one attached hydrogen (secondary N) is 2. The normalized spacial score (nSPS) is 10.3. The van der Waals surface area contributed by atoms with E-state index in [-0.39, 0.29) is 11.8 Å². The number of halogens is 1. The van der Waals surface area contributed by atoms with Gasteiger partial charge in [0.25, 0.3) is 11.8 Å². The van der Waals surface area contributed by atoms with Gasteiger partial charge in [-0.3, -0.25) is 9.59 Å². The second kappa shape index (κ2) is 9.21. The van der Waals surface area contributed by atoms with Gasteiger partial charge >= 0.3 is 0 Å². The Morgan fingerprint density at radius 1 is 1.00 bits per heavy atom.